The molecule has 0 saturated carbocycles. The Morgan fingerprint density at radius 3 is 2.12 bits per heavy atom. The molecule has 1 N–H and O–H groups in total. The number of carbonyl (C=O) groups excluding carboxylic acids is 1. The van der Waals surface area contributed by atoms with E-state index < -0.39 is 38.4 Å². The van der Waals surface area contributed by atoms with E-state index in [9.17, 15) is 30.1 Å². The number of halogens is 2. The van der Waals surface area contributed by atoms with E-state index in [-0.39, 0.29) is 15.7 Å². The summed E-state index contributed by atoms with van der Waals surface area (Å²) in [6.45, 7) is 0. The Hall–Kier alpha value is -2.91. The standard InChI is InChI=1S/C13H7Cl2N3O6/c14-6-1-2-9(10(4-6)17(21)22)16-13(20)8-3-7(15)5-11(12(8)19)18(23)24/h1-5,19H,(H,16,20)/p-1. The van der Waals surface area contributed by atoms with Crippen molar-refractivity contribution in [2.75, 3.05) is 5.32 Å². The van der Waals surface area contributed by atoms with Crippen molar-refractivity contribution < 1.29 is 19.7 Å². The van der Waals surface area contributed by atoms with Crippen LogP contribution in [0.5, 0.6) is 5.75 Å². The van der Waals surface area contributed by atoms with Crippen LogP contribution in [0, 0.1) is 20.2 Å². The lowest BCUT2D eigenvalue weighted by Gasteiger charge is -2.14. The summed E-state index contributed by atoms with van der Waals surface area (Å²) in [7, 11) is 0. The summed E-state index contributed by atoms with van der Waals surface area (Å²) >= 11 is 11.3. The van der Waals surface area contributed by atoms with Gasteiger partial charge in [-0.05, 0) is 23.9 Å². The molecule has 9 nitrogen and oxygen atoms in total. The zero-order valence-electron chi connectivity index (χ0n) is 11.5. The van der Waals surface area contributed by atoms with Crippen LogP contribution in [-0.2, 0) is 0 Å². The first-order valence-electron chi connectivity index (χ1n) is 6.11. The van der Waals surface area contributed by atoms with Gasteiger partial charge >= 0.3 is 0 Å². The smallest absolute Gasteiger partial charge is 0.294 e. The molecule has 0 aliphatic heterocycles. The second-order valence-electron chi connectivity index (χ2n) is 4.43. The van der Waals surface area contributed by atoms with E-state index in [2.05, 4.69) is 5.32 Å². The first-order valence-corrected chi connectivity index (χ1v) is 6.86. The summed E-state index contributed by atoms with van der Waals surface area (Å²) < 4.78 is 0. The van der Waals surface area contributed by atoms with Crippen LogP contribution in [0.15, 0.2) is 30.3 Å². The van der Waals surface area contributed by atoms with Crippen LogP contribution in [0.3, 0.4) is 0 Å². The van der Waals surface area contributed by atoms with Crippen LogP contribution in [-0.4, -0.2) is 15.8 Å². The van der Waals surface area contributed by atoms with E-state index in [0.717, 1.165) is 18.2 Å². The molecule has 11 heteroatoms. The van der Waals surface area contributed by atoms with Gasteiger partial charge in [0.2, 0.25) is 0 Å². The largest absolute Gasteiger partial charge is 0.867 e. The molecule has 0 fully saturated rings. The number of nitrogens with one attached hydrogen (secondary N) is 1. The highest BCUT2D eigenvalue weighted by molar-refractivity contribution is 6.31. The van der Waals surface area contributed by atoms with Crippen molar-refractivity contribution in [1.29, 1.82) is 0 Å². The molecule has 0 unspecified atom stereocenters. The Bertz CT molecular complexity index is 871. The number of nitro groups is 2. The fourth-order valence-corrected chi connectivity index (χ4v) is 2.21. The molecular weight excluding hydrogens is 365 g/mol. The van der Waals surface area contributed by atoms with Gasteiger partial charge in [-0.25, -0.2) is 0 Å². The van der Waals surface area contributed by atoms with Gasteiger partial charge in [0, 0.05) is 27.7 Å². The molecule has 0 aliphatic carbocycles. The van der Waals surface area contributed by atoms with Crippen molar-refractivity contribution >= 4 is 46.2 Å². The highest BCUT2D eigenvalue weighted by atomic mass is 35.5. The molecule has 24 heavy (non-hydrogen) atoms. The van der Waals surface area contributed by atoms with Crippen molar-refractivity contribution in [3.8, 4) is 5.75 Å². The molecule has 0 radical (unpaired) electrons. The van der Waals surface area contributed by atoms with Crippen molar-refractivity contribution in [2.45, 2.75) is 0 Å². The van der Waals surface area contributed by atoms with E-state index >= 15 is 0 Å². The number of nitro benzene ring substituents is 2. The topological polar surface area (TPSA) is 138 Å². The van der Waals surface area contributed by atoms with Crippen molar-refractivity contribution in [2.24, 2.45) is 0 Å². The number of rotatable bonds is 4. The van der Waals surface area contributed by atoms with Gasteiger partial charge in [0.25, 0.3) is 17.3 Å². The van der Waals surface area contributed by atoms with Gasteiger partial charge < -0.3 is 10.4 Å². The van der Waals surface area contributed by atoms with E-state index in [4.69, 9.17) is 23.2 Å². The average Bonchev–Trinajstić information content (AvgIpc) is 2.50. The molecule has 0 aromatic heterocycles. The zero-order chi connectivity index (χ0) is 18.0. The van der Waals surface area contributed by atoms with Crippen molar-refractivity contribution in [1.82, 2.24) is 0 Å². The summed E-state index contributed by atoms with van der Waals surface area (Å²) in [5.41, 5.74) is -2.21. The number of anilines is 1. The van der Waals surface area contributed by atoms with Gasteiger partial charge in [-0.3, -0.25) is 25.0 Å². The summed E-state index contributed by atoms with van der Waals surface area (Å²) in [4.78, 5) is 32.2. The van der Waals surface area contributed by atoms with Crippen LogP contribution in [0.2, 0.25) is 10.0 Å². The quantitative estimate of drug-likeness (QED) is 0.647. The molecule has 0 heterocycles. The second kappa shape index (κ2) is 6.69. The minimum absolute atomic E-state index is 0.0719. The Kier molecular flexibility index (Phi) is 4.86. The lowest BCUT2D eigenvalue weighted by Crippen LogP contribution is -2.16. The molecule has 1 amide bonds. The van der Waals surface area contributed by atoms with E-state index in [0.29, 0.717) is 0 Å². The van der Waals surface area contributed by atoms with Gasteiger partial charge in [-0.1, -0.05) is 23.2 Å². The fourth-order valence-electron chi connectivity index (χ4n) is 1.83. The predicted octanol–water partition coefficient (Wildman–Crippen LogP) is 3.14. The molecule has 124 valence electrons. The predicted molar refractivity (Wildman–Crippen MR) is 83.6 cm³/mol. The lowest BCUT2D eigenvalue weighted by atomic mass is 10.1. The summed E-state index contributed by atoms with van der Waals surface area (Å²) in [5.74, 6) is -2.23. The van der Waals surface area contributed by atoms with Crippen LogP contribution < -0.4 is 10.4 Å². The first-order chi connectivity index (χ1) is 11.2. The lowest BCUT2D eigenvalue weighted by molar-refractivity contribution is -0.398. The highest BCUT2D eigenvalue weighted by Gasteiger charge is 2.21. The highest BCUT2D eigenvalue weighted by Crippen LogP contribution is 2.33. The Morgan fingerprint density at radius 2 is 1.54 bits per heavy atom. The third-order valence-corrected chi connectivity index (χ3v) is 3.33. The van der Waals surface area contributed by atoms with Crippen LogP contribution in [0.25, 0.3) is 0 Å². The van der Waals surface area contributed by atoms with E-state index in [1.165, 1.54) is 12.1 Å². The van der Waals surface area contributed by atoms with E-state index in [1.54, 1.807) is 0 Å². The number of hydrogen-bond acceptors (Lipinski definition) is 6. The van der Waals surface area contributed by atoms with E-state index in [1.807, 2.05) is 0 Å². The number of carbonyl (C=O) groups is 1. The Balaban J connectivity index is 2.45. The number of hydrogen-bond donors (Lipinski definition) is 1. The van der Waals surface area contributed by atoms with Crippen molar-refractivity contribution in [3.05, 3.63) is 66.2 Å². The van der Waals surface area contributed by atoms with Gasteiger partial charge in [0.05, 0.1) is 9.85 Å². The second-order valence-corrected chi connectivity index (χ2v) is 5.30. The molecule has 2 aromatic carbocycles. The minimum Gasteiger partial charge on any atom is -0.867 e. The van der Waals surface area contributed by atoms with Crippen LogP contribution in [0.1, 0.15) is 10.4 Å². The molecule has 0 bridgehead atoms. The number of amides is 1. The summed E-state index contributed by atoms with van der Waals surface area (Å²) in [5, 5.41) is 35.8. The molecule has 2 aromatic rings. The number of benzene rings is 2. The maximum absolute atomic E-state index is 12.2. The molecule has 0 spiro atoms. The maximum Gasteiger partial charge on any atom is 0.294 e. The summed E-state index contributed by atoms with van der Waals surface area (Å²) in [6, 6.07) is 5.22. The van der Waals surface area contributed by atoms with Crippen molar-refractivity contribution in [3.63, 3.8) is 0 Å². The molecule has 0 aliphatic rings. The average molecular weight is 371 g/mol. The fraction of sp³-hybridized carbons (Fsp3) is 0. The molecule has 0 saturated heterocycles. The molecule has 0 atom stereocenters. The number of nitrogens with zero attached hydrogens (tertiary/aromatic N) is 2. The maximum atomic E-state index is 12.2. The third kappa shape index (κ3) is 3.53. The van der Waals surface area contributed by atoms with Crippen LogP contribution in [0.4, 0.5) is 17.1 Å². The van der Waals surface area contributed by atoms with Gasteiger partial charge in [0.1, 0.15) is 5.69 Å². The monoisotopic (exact) mass is 370 g/mol. The van der Waals surface area contributed by atoms with Gasteiger partial charge in [-0.15, -0.1) is 0 Å². The summed E-state index contributed by atoms with van der Waals surface area (Å²) in [6.07, 6.45) is 0. The minimum atomic E-state index is -1.15. The zero-order valence-corrected chi connectivity index (χ0v) is 13.0. The SMILES string of the molecule is O=C(Nc1ccc(Cl)cc1[N+](=O)[O-])c1cc(Cl)cc([N+](=O)[O-])c1[O-]. The Morgan fingerprint density at radius 1 is 0.958 bits per heavy atom. The third-order valence-electron chi connectivity index (χ3n) is 2.88. The first kappa shape index (κ1) is 17.4. The molecule has 2 rings (SSSR count). The molecular formula is C13H6Cl2N3O6-. The van der Waals surface area contributed by atoms with Gasteiger partial charge in [0.15, 0.2) is 0 Å². The normalized spacial score (nSPS) is 10.2. The van der Waals surface area contributed by atoms with Gasteiger partial charge in [-0.2, -0.15) is 0 Å². The Labute approximate surface area is 143 Å². The van der Waals surface area contributed by atoms with Crippen LogP contribution >= 0.6 is 23.2 Å².